The van der Waals surface area contributed by atoms with E-state index < -0.39 is 14.4 Å². The van der Waals surface area contributed by atoms with Gasteiger partial charge < -0.3 is 4.52 Å². The standard InChI is InChI=1S/C17H13Cl2N3O3S/c18-17(19)13(10-6-8-12(9-7-10)26(20,23)24)14(17)16-21-15(22-25-16)11-4-2-1-3-5-11/h1-9,13-14H,(H2,20,23,24)/t13-,14+/m1/s1. The Morgan fingerprint density at radius 2 is 1.65 bits per heavy atom. The number of hydrogen-bond acceptors (Lipinski definition) is 5. The van der Waals surface area contributed by atoms with Crippen molar-refractivity contribution in [1.82, 2.24) is 10.1 Å². The monoisotopic (exact) mass is 409 g/mol. The fourth-order valence-electron chi connectivity index (χ4n) is 2.98. The molecule has 0 unspecified atom stereocenters. The molecule has 1 fully saturated rings. The normalized spacial score (nSPS) is 21.5. The van der Waals surface area contributed by atoms with Gasteiger partial charge in [-0.05, 0) is 17.7 Å². The van der Waals surface area contributed by atoms with E-state index in [9.17, 15) is 8.42 Å². The maximum absolute atomic E-state index is 11.4. The number of benzene rings is 2. The zero-order chi connectivity index (χ0) is 18.5. The summed E-state index contributed by atoms with van der Waals surface area (Å²) in [6, 6.07) is 15.5. The van der Waals surface area contributed by atoms with Gasteiger partial charge in [0.25, 0.3) is 0 Å². The van der Waals surface area contributed by atoms with Crippen LogP contribution in [-0.4, -0.2) is 22.9 Å². The van der Waals surface area contributed by atoms with Crippen molar-refractivity contribution in [3.8, 4) is 11.4 Å². The lowest BCUT2D eigenvalue weighted by Gasteiger charge is -2.02. The molecule has 134 valence electrons. The number of alkyl halides is 2. The van der Waals surface area contributed by atoms with Crippen LogP contribution >= 0.6 is 23.2 Å². The van der Waals surface area contributed by atoms with Crippen LogP contribution in [0.15, 0.2) is 64.0 Å². The molecule has 1 aliphatic rings. The predicted octanol–water partition coefficient (Wildman–Crippen LogP) is 3.44. The van der Waals surface area contributed by atoms with E-state index >= 15 is 0 Å². The summed E-state index contributed by atoms with van der Waals surface area (Å²) in [5.74, 6) is 0.134. The first-order valence-electron chi connectivity index (χ1n) is 7.68. The molecule has 0 saturated heterocycles. The lowest BCUT2D eigenvalue weighted by atomic mass is 10.1. The molecule has 6 nitrogen and oxygen atoms in total. The van der Waals surface area contributed by atoms with Gasteiger partial charge in [0.05, 0.1) is 10.8 Å². The number of nitrogens with zero attached hydrogens (tertiary/aromatic N) is 2. The van der Waals surface area contributed by atoms with Gasteiger partial charge in [0, 0.05) is 11.5 Å². The minimum absolute atomic E-state index is 0.0253. The molecule has 3 aromatic rings. The van der Waals surface area contributed by atoms with Crippen molar-refractivity contribution in [3.05, 3.63) is 66.1 Å². The quantitative estimate of drug-likeness (QED) is 0.665. The molecule has 26 heavy (non-hydrogen) atoms. The zero-order valence-electron chi connectivity index (χ0n) is 13.2. The highest BCUT2D eigenvalue weighted by molar-refractivity contribution is 7.89. The number of hydrogen-bond donors (Lipinski definition) is 1. The first-order valence-corrected chi connectivity index (χ1v) is 9.98. The summed E-state index contributed by atoms with van der Waals surface area (Å²) in [6.45, 7) is 0. The van der Waals surface area contributed by atoms with E-state index in [1.165, 1.54) is 12.1 Å². The minimum Gasteiger partial charge on any atom is -0.339 e. The van der Waals surface area contributed by atoms with Gasteiger partial charge >= 0.3 is 0 Å². The molecule has 0 spiro atoms. The van der Waals surface area contributed by atoms with E-state index in [4.69, 9.17) is 32.9 Å². The van der Waals surface area contributed by atoms with Gasteiger partial charge in [-0.15, -0.1) is 23.2 Å². The molecule has 1 aromatic heterocycles. The molecule has 1 aliphatic carbocycles. The van der Waals surface area contributed by atoms with Crippen molar-refractivity contribution in [2.24, 2.45) is 5.14 Å². The number of halogens is 2. The summed E-state index contributed by atoms with van der Waals surface area (Å²) < 4.78 is 27.0. The van der Waals surface area contributed by atoms with E-state index in [1.54, 1.807) is 12.1 Å². The molecular weight excluding hydrogens is 397 g/mol. The van der Waals surface area contributed by atoms with E-state index in [-0.39, 0.29) is 16.7 Å². The van der Waals surface area contributed by atoms with Crippen molar-refractivity contribution >= 4 is 33.2 Å². The Kier molecular flexibility index (Phi) is 4.07. The van der Waals surface area contributed by atoms with Gasteiger partial charge in [0.1, 0.15) is 4.33 Å². The summed E-state index contributed by atoms with van der Waals surface area (Å²) >= 11 is 12.8. The van der Waals surface area contributed by atoms with Crippen LogP contribution in [0, 0.1) is 0 Å². The van der Waals surface area contributed by atoms with Crippen molar-refractivity contribution < 1.29 is 12.9 Å². The van der Waals surface area contributed by atoms with Crippen LogP contribution in [0.4, 0.5) is 0 Å². The molecule has 2 atom stereocenters. The zero-order valence-corrected chi connectivity index (χ0v) is 15.5. The van der Waals surface area contributed by atoms with E-state index in [1.807, 2.05) is 30.3 Å². The SMILES string of the molecule is NS(=O)(=O)c1ccc([C@@H]2[C@@H](c3nc(-c4ccccc4)no3)C2(Cl)Cl)cc1. The second-order valence-electron chi connectivity index (χ2n) is 6.07. The molecule has 2 aromatic carbocycles. The smallest absolute Gasteiger partial charge is 0.238 e. The number of nitrogens with two attached hydrogens (primary N) is 1. The van der Waals surface area contributed by atoms with Crippen LogP contribution in [-0.2, 0) is 10.0 Å². The molecule has 1 heterocycles. The Bertz CT molecular complexity index is 1050. The van der Waals surface area contributed by atoms with Crippen LogP contribution in [0.1, 0.15) is 23.3 Å². The maximum atomic E-state index is 11.4. The number of aromatic nitrogens is 2. The highest BCUT2D eigenvalue weighted by atomic mass is 35.5. The molecule has 0 aliphatic heterocycles. The number of primary sulfonamides is 1. The van der Waals surface area contributed by atoms with Gasteiger partial charge in [0.2, 0.25) is 21.7 Å². The molecular formula is C17H13Cl2N3O3S. The van der Waals surface area contributed by atoms with E-state index in [2.05, 4.69) is 10.1 Å². The third kappa shape index (κ3) is 3.01. The Morgan fingerprint density at radius 1 is 1.00 bits per heavy atom. The second-order valence-corrected chi connectivity index (χ2v) is 9.07. The van der Waals surface area contributed by atoms with Gasteiger partial charge in [-0.3, -0.25) is 0 Å². The first-order chi connectivity index (χ1) is 12.3. The van der Waals surface area contributed by atoms with Gasteiger partial charge in [0.15, 0.2) is 0 Å². The lowest BCUT2D eigenvalue weighted by molar-refractivity contribution is 0.378. The maximum Gasteiger partial charge on any atom is 0.238 e. The van der Waals surface area contributed by atoms with Gasteiger partial charge in [-0.2, -0.15) is 4.98 Å². The minimum atomic E-state index is -3.75. The van der Waals surface area contributed by atoms with E-state index in [0.29, 0.717) is 11.7 Å². The van der Waals surface area contributed by atoms with Crippen LogP contribution in [0.5, 0.6) is 0 Å². The Balaban J connectivity index is 1.62. The summed E-state index contributed by atoms with van der Waals surface area (Å²) in [4.78, 5) is 4.43. The summed E-state index contributed by atoms with van der Waals surface area (Å²) in [6.07, 6.45) is 0. The summed E-state index contributed by atoms with van der Waals surface area (Å²) in [7, 11) is -3.75. The first kappa shape index (κ1) is 17.5. The largest absolute Gasteiger partial charge is 0.339 e. The van der Waals surface area contributed by atoms with Crippen molar-refractivity contribution in [2.75, 3.05) is 0 Å². The van der Waals surface area contributed by atoms with Crippen LogP contribution in [0.3, 0.4) is 0 Å². The summed E-state index contributed by atoms with van der Waals surface area (Å²) in [5, 5.41) is 9.10. The third-order valence-electron chi connectivity index (χ3n) is 4.36. The highest BCUT2D eigenvalue weighted by Gasteiger charge is 2.67. The molecule has 2 N–H and O–H groups in total. The Labute approximate surface area is 160 Å². The van der Waals surface area contributed by atoms with Crippen molar-refractivity contribution in [1.29, 1.82) is 0 Å². The number of sulfonamides is 1. The van der Waals surface area contributed by atoms with Crippen LogP contribution in [0.2, 0.25) is 0 Å². The lowest BCUT2D eigenvalue weighted by Crippen LogP contribution is -2.11. The fourth-order valence-corrected chi connectivity index (χ4v) is 4.31. The van der Waals surface area contributed by atoms with E-state index in [0.717, 1.165) is 11.1 Å². The Hall–Kier alpha value is -1.93. The van der Waals surface area contributed by atoms with Crippen molar-refractivity contribution in [3.63, 3.8) is 0 Å². The van der Waals surface area contributed by atoms with Gasteiger partial charge in [-0.1, -0.05) is 47.6 Å². The molecule has 9 heteroatoms. The molecule has 0 radical (unpaired) electrons. The molecule has 0 bridgehead atoms. The van der Waals surface area contributed by atoms with Crippen molar-refractivity contribution in [2.45, 2.75) is 21.1 Å². The number of rotatable bonds is 4. The van der Waals surface area contributed by atoms with Crippen LogP contribution < -0.4 is 5.14 Å². The van der Waals surface area contributed by atoms with Gasteiger partial charge in [-0.25, -0.2) is 13.6 Å². The second kappa shape index (κ2) is 6.06. The average Bonchev–Trinajstić information content (AvgIpc) is 2.95. The molecule has 4 rings (SSSR count). The average molecular weight is 410 g/mol. The molecule has 1 saturated carbocycles. The van der Waals surface area contributed by atoms with Crippen LogP contribution in [0.25, 0.3) is 11.4 Å². The Morgan fingerprint density at radius 3 is 2.27 bits per heavy atom. The highest BCUT2D eigenvalue weighted by Crippen LogP contribution is 2.69. The molecule has 0 amide bonds. The third-order valence-corrected chi connectivity index (χ3v) is 6.23. The fraction of sp³-hybridized carbons (Fsp3) is 0.176. The topological polar surface area (TPSA) is 99.1 Å². The summed E-state index contributed by atoms with van der Waals surface area (Å²) in [5.41, 5.74) is 1.60. The predicted molar refractivity (Wildman–Crippen MR) is 97.5 cm³/mol.